The Morgan fingerprint density at radius 2 is 2.32 bits per heavy atom. The summed E-state index contributed by atoms with van der Waals surface area (Å²) < 4.78 is 11.5. The summed E-state index contributed by atoms with van der Waals surface area (Å²) in [6.45, 7) is 2.19. The molecule has 116 valence electrons. The highest BCUT2D eigenvalue weighted by Crippen LogP contribution is 2.53. The minimum absolute atomic E-state index is 0.0784. The number of aromatic nitrogens is 2. The Balaban J connectivity index is 1.88. The zero-order valence-electron chi connectivity index (χ0n) is 12.9. The number of rotatable bonds is 6. The van der Waals surface area contributed by atoms with Crippen molar-refractivity contribution in [2.75, 3.05) is 7.11 Å². The van der Waals surface area contributed by atoms with Crippen LogP contribution < -0.4 is 4.74 Å². The summed E-state index contributed by atoms with van der Waals surface area (Å²) in [6, 6.07) is 0. The number of hydrogen-bond donors (Lipinski definition) is 0. The monoisotopic (exact) mass is 300 g/mol. The van der Waals surface area contributed by atoms with Crippen molar-refractivity contribution >= 4 is 6.29 Å². The quantitative estimate of drug-likeness (QED) is 0.755. The third-order valence-corrected chi connectivity index (χ3v) is 4.31. The third kappa shape index (κ3) is 2.68. The largest absolute Gasteiger partial charge is 0.482 e. The van der Waals surface area contributed by atoms with Crippen LogP contribution in [0.25, 0.3) is 0 Å². The van der Waals surface area contributed by atoms with Crippen molar-refractivity contribution < 1.29 is 14.3 Å². The van der Waals surface area contributed by atoms with Gasteiger partial charge in [0.25, 0.3) is 0 Å². The second-order valence-electron chi connectivity index (χ2n) is 5.82. The second kappa shape index (κ2) is 6.01. The number of allylic oxidation sites excluding steroid dienone is 3. The molecule has 5 nitrogen and oxygen atoms in total. The van der Waals surface area contributed by atoms with E-state index in [4.69, 9.17) is 9.47 Å². The van der Waals surface area contributed by atoms with E-state index in [0.29, 0.717) is 18.2 Å². The maximum Gasteiger partial charge on any atom is 0.162 e. The van der Waals surface area contributed by atoms with E-state index < -0.39 is 5.60 Å². The Morgan fingerprint density at radius 1 is 1.45 bits per heavy atom. The summed E-state index contributed by atoms with van der Waals surface area (Å²) in [4.78, 5) is 19.9. The SMILES string of the molecule is COCc1nc(C)ncc1O[C@@]1(C2C=CC=CC2)C[C@H]1C=O. The molecule has 3 rings (SSSR count). The molecule has 5 heteroatoms. The topological polar surface area (TPSA) is 61.3 Å². The Morgan fingerprint density at radius 3 is 2.95 bits per heavy atom. The molecule has 0 spiro atoms. The van der Waals surface area contributed by atoms with E-state index in [-0.39, 0.29) is 11.8 Å². The number of aldehydes is 1. The van der Waals surface area contributed by atoms with E-state index in [1.54, 1.807) is 13.3 Å². The van der Waals surface area contributed by atoms with Crippen molar-refractivity contribution in [3.8, 4) is 5.75 Å². The molecule has 0 bridgehead atoms. The first-order chi connectivity index (χ1) is 10.7. The minimum atomic E-state index is -0.468. The average molecular weight is 300 g/mol. The van der Waals surface area contributed by atoms with Crippen LogP contribution in [0.5, 0.6) is 5.75 Å². The molecular formula is C17H20N2O3. The predicted octanol–water partition coefficient (Wildman–Crippen LogP) is 2.40. The lowest BCUT2D eigenvalue weighted by Crippen LogP contribution is -2.32. The molecule has 1 saturated carbocycles. The maximum absolute atomic E-state index is 11.3. The van der Waals surface area contributed by atoms with Crippen LogP contribution in [0.4, 0.5) is 0 Å². The van der Waals surface area contributed by atoms with Gasteiger partial charge in [0.2, 0.25) is 0 Å². The van der Waals surface area contributed by atoms with Crippen molar-refractivity contribution in [3.63, 3.8) is 0 Å². The van der Waals surface area contributed by atoms with Crippen LogP contribution in [-0.4, -0.2) is 29.0 Å². The van der Waals surface area contributed by atoms with E-state index in [0.717, 1.165) is 24.8 Å². The van der Waals surface area contributed by atoms with Gasteiger partial charge in [-0.1, -0.05) is 24.3 Å². The lowest BCUT2D eigenvalue weighted by molar-refractivity contribution is -0.110. The Kier molecular flexibility index (Phi) is 4.07. The molecule has 22 heavy (non-hydrogen) atoms. The van der Waals surface area contributed by atoms with Crippen LogP contribution in [0.3, 0.4) is 0 Å². The molecule has 1 fully saturated rings. The summed E-state index contributed by atoms with van der Waals surface area (Å²) in [5.74, 6) is 1.41. The molecule has 0 N–H and O–H groups in total. The van der Waals surface area contributed by atoms with Crippen LogP contribution in [0.2, 0.25) is 0 Å². The average Bonchev–Trinajstić information content (AvgIpc) is 3.26. The van der Waals surface area contributed by atoms with Crippen molar-refractivity contribution in [1.29, 1.82) is 0 Å². The van der Waals surface area contributed by atoms with Gasteiger partial charge in [-0.3, -0.25) is 0 Å². The molecule has 0 aliphatic heterocycles. The number of ether oxygens (including phenoxy) is 2. The Labute approximate surface area is 130 Å². The second-order valence-corrected chi connectivity index (χ2v) is 5.82. The molecule has 2 aliphatic carbocycles. The van der Waals surface area contributed by atoms with Gasteiger partial charge in [0.05, 0.1) is 18.7 Å². The van der Waals surface area contributed by atoms with Crippen LogP contribution >= 0.6 is 0 Å². The molecule has 0 aromatic carbocycles. The number of nitrogens with zero attached hydrogens (tertiary/aromatic N) is 2. The first kappa shape index (κ1) is 14.9. The molecule has 0 amide bonds. The van der Waals surface area contributed by atoms with E-state index in [1.807, 2.05) is 19.1 Å². The van der Waals surface area contributed by atoms with Gasteiger partial charge in [-0.2, -0.15) is 0 Å². The number of carbonyl (C=O) groups excluding carboxylic acids is 1. The molecule has 1 aromatic rings. The third-order valence-electron chi connectivity index (χ3n) is 4.31. The fourth-order valence-electron chi connectivity index (χ4n) is 3.05. The molecule has 0 radical (unpaired) electrons. The zero-order chi connectivity index (χ0) is 15.6. The number of hydrogen-bond acceptors (Lipinski definition) is 5. The van der Waals surface area contributed by atoms with E-state index in [2.05, 4.69) is 22.1 Å². The molecular weight excluding hydrogens is 280 g/mol. The normalized spacial score (nSPS) is 29.4. The Bertz CT molecular complexity index is 626. The lowest BCUT2D eigenvalue weighted by atomic mass is 9.91. The predicted molar refractivity (Wildman–Crippen MR) is 81.4 cm³/mol. The van der Waals surface area contributed by atoms with Crippen LogP contribution in [0.1, 0.15) is 24.4 Å². The van der Waals surface area contributed by atoms with Gasteiger partial charge in [-0.25, -0.2) is 9.97 Å². The van der Waals surface area contributed by atoms with Gasteiger partial charge in [0.15, 0.2) is 5.75 Å². The highest BCUT2D eigenvalue weighted by molar-refractivity contribution is 5.62. The van der Waals surface area contributed by atoms with Crippen molar-refractivity contribution in [3.05, 3.63) is 42.0 Å². The fourth-order valence-corrected chi connectivity index (χ4v) is 3.05. The summed E-state index contributed by atoms with van der Waals surface area (Å²) in [5, 5.41) is 0. The van der Waals surface area contributed by atoms with Crippen molar-refractivity contribution in [1.82, 2.24) is 9.97 Å². The first-order valence-electron chi connectivity index (χ1n) is 7.48. The van der Waals surface area contributed by atoms with Gasteiger partial charge < -0.3 is 14.3 Å². The van der Waals surface area contributed by atoms with Gasteiger partial charge in [0.1, 0.15) is 23.4 Å². The zero-order valence-corrected chi connectivity index (χ0v) is 12.9. The number of aryl methyl sites for hydroxylation is 1. The number of methoxy groups -OCH3 is 1. The van der Waals surface area contributed by atoms with E-state index in [9.17, 15) is 4.79 Å². The highest BCUT2D eigenvalue weighted by Gasteiger charge is 2.61. The van der Waals surface area contributed by atoms with Gasteiger partial charge in [-0.05, 0) is 13.3 Å². The van der Waals surface area contributed by atoms with E-state index in [1.165, 1.54) is 0 Å². The molecule has 1 unspecified atom stereocenters. The fraction of sp³-hybridized carbons (Fsp3) is 0.471. The van der Waals surface area contributed by atoms with Gasteiger partial charge in [0, 0.05) is 19.4 Å². The first-order valence-corrected chi connectivity index (χ1v) is 7.48. The summed E-state index contributed by atoms with van der Waals surface area (Å²) in [5.41, 5.74) is 0.255. The molecule has 1 aromatic heterocycles. The number of carbonyl (C=O) groups is 1. The molecule has 3 atom stereocenters. The molecule has 1 heterocycles. The van der Waals surface area contributed by atoms with Gasteiger partial charge >= 0.3 is 0 Å². The van der Waals surface area contributed by atoms with Crippen molar-refractivity contribution in [2.45, 2.75) is 32.0 Å². The summed E-state index contributed by atoms with van der Waals surface area (Å²) >= 11 is 0. The minimum Gasteiger partial charge on any atom is -0.482 e. The maximum atomic E-state index is 11.3. The van der Waals surface area contributed by atoms with Crippen LogP contribution in [-0.2, 0) is 16.1 Å². The Hall–Kier alpha value is -2.01. The smallest absolute Gasteiger partial charge is 0.162 e. The van der Waals surface area contributed by atoms with E-state index >= 15 is 0 Å². The molecule has 2 aliphatic rings. The van der Waals surface area contributed by atoms with Crippen LogP contribution in [0.15, 0.2) is 30.5 Å². The summed E-state index contributed by atoms with van der Waals surface area (Å²) in [7, 11) is 1.62. The van der Waals surface area contributed by atoms with Gasteiger partial charge in [-0.15, -0.1) is 0 Å². The molecule has 0 saturated heterocycles. The standard InChI is InChI=1S/C17H20N2O3/c1-12-18-9-16(15(19-12)11-21-2)22-17(8-14(17)10-20)13-6-4-3-5-7-13/h3-6,9-10,13-14H,7-8,11H2,1-2H3/t13?,14-,17+/m0/s1. The lowest BCUT2D eigenvalue weighted by Gasteiger charge is -2.27. The highest BCUT2D eigenvalue weighted by atomic mass is 16.5. The van der Waals surface area contributed by atoms with Crippen molar-refractivity contribution in [2.24, 2.45) is 11.8 Å². The summed E-state index contributed by atoms with van der Waals surface area (Å²) in [6.07, 6.45) is 12.6. The van der Waals surface area contributed by atoms with Crippen LogP contribution in [0, 0.1) is 18.8 Å².